The number of carbonyl (C=O) groups is 1. The Balaban J connectivity index is 3.54. The minimum atomic E-state index is -0.947. The van der Waals surface area contributed by atoms with Gasteiger partial charge in [-0.3, -0.25) is 4.79 Å². The summed E-state index contributed by atoms with van der Waals surface area (Å²) in [4.78, 5) is 51.0. The molecule has 0 radical (unpaired) electrons. The molecule has 0 N–H and O–H groups in total. The van der Waals surface area contributed by atoms with E-state index < -0.39 is 5.91 Å². The molecule has 7 heteroatoms. The Morgan fingerprint density at radius 3 is 2.29 bits per heavy atom. The number of aliphatic imine (C=N–C) groups is 3. The summed E-state index contributed by atoms with van der Waals surface area (Å²) < 4.78 is 0. The van der Waals surface area contributed by atoms with Crippen LogP contribution in [0.2, 0.25) is 0 Å². The highest BCUT2D eigenvalue weighted by Gasteiger charge is 2.14. The Hall–Kier alpha value is -2.97. The van der Waals surface area contributed by atoms with Gasteiger partial charge >= 0.3 is 0 Å². The summed E-state index contributed by atoms with van der Waals surface area (Å²) in [5, 5.41) is 0. The van der Waals surface area contributed by atoms with Crippen molar-refractivity contribution in [3.05, 3.63) is 23.8 Å². The van der Waals surface area contributed by atoms with Crippen molar-refractivity contribution in [2.75, 3.05) is 0 Å². The third kappa shape index (κ3) is 2.75. The molecule has 0 heterocycles. The average molecular weight is 229 g/mol. The van der Waals surface area contributed by atoms with Gasteiger partial charge in [-0.15, -0.1) is 4.99 Å². The van der Waals surface area contributed by atoms with E-state index in [-0.39, 0.29) is 16.9 Å². The van der Waals surface area contributed by atoms with Crippen LogP contribution in [0.15, 0.2) is 33.2 Å². The summed E-state index contributed by atoms with van der Waals surface area (Å²) in [6, 6.07) is 3.99. The molecule has 0 aromatic heterocycles. The van der Waals surface area contributed by atoms with Gasteiger partial charge in [-0.2, -0.15) is 9.98 Å². The minimum absolute atomic E-state index is 0.0460. The molecule has 0 aliphatic rings. The molecule has 82 valence electrons. The van der Waals surface area contributed by atoms with E-state index in [9.17, 15) is 19.2 Å². The highest BCUT2D eigenvalue weighted by atomic mass is 16.2. The van der Waals surface area contributed by atoms with E-state index in [1.165, 1.54) is 30.4 Å². The summed E-state index contributed by atoms with van der Waals surface area (Å²) in [6.07, 6.45) is 3.52. The highest BCUT2D eigenvalue weighted by molar-refractivity contribution is 6.04. The lowest BCUT2D eigenvalue weighted by Crippen LogP contribution is -1.94. The number of carbonyl (C=O) groups excluding carboxylic acids is 4. The number of hydrogen-bond acceptors (Lipinski definition) is 6. The number of rotatable bonds is 3. The first-order valence-corrected chi connectivity index (χ1v) is 4.15. The molecule has 0 saturated heterocycles. The second-order valence-corrected chi connectivity index (χ2v) is 2.59. The van der Waals surface area contributed by atoms with Crippen molar-refractivity contribution in [3.63, 3.8) is 0 Å². The maximum atomic E-state index is 11.3. The van der Waals surface area contributed by atoms with Crippen LogP contribution in [0, 0.1) is 0 Å². The van der Waals surface area contributed by atoms with Crippen LogP contribution < -0.4 is 0 Å². The van der Waals surface area contributed by atoms with Gasteiger partial charge in [0.15, 0.2) is 0 Å². The third-order valence-corrected chi connectivity index (χ3v) is 1.72. The van der Waals surface area contributed by atoms with Crippen LogP contribution >= 0.6 is 0 Å². The van der Waals surface area contributed by atoms with Gasteiger partial charge in [0.1, 0.15) is 11.4 Å². The lowest BCUT2D eigenvalue weighted by atomic mass is 10.1. The van der Waals surface area contributed by atoms with Crippen LogP contribution in [0.3, 0.4) is 0 Å². The van der Waals surface area contributed by atoms with Crippen molar-refractivity contribution in [2.24, 2.45) is 15.0 Å². The molecule has 1 aromatic carbocycles. The van der Waals surface area contributed by atoms with Crippen molar-refractivity contribution in [3.8, 4) is 0 Å². The molecular weight excluding hydrogens is 226 g/mol. The molecule has 0 bridgehead atoms. The smallest absolute Gasteiger partial charge is 0.266 e. The van der Waals surface area contributed by atoms with Gasteiger partial charge in [0, 0.05) is 0 Å². The van der Waals surface area contributed by atoms with E-state index in [4.69, 9.17) is 0 Å². The fourth-order valence-electron chi connectivity index (χ4n) is 1.11. The largest absolute Gasteiger partial charge is 0.290 e. The van der Waals surface area contributed by atoms with Crippen LogP contribution in [-0.2, 0) is 14.4 Å². The molecule has 0 aliphatic heterocycles. The number of hydrogen-bond donors (Lipinski definition) is 0. The van der Waals surface area contributed by atoms with Crippen molar-refractivity contribution in [2.45, 2.75) is 0 Å². The van der Waals surface area contributed by atoms with Gasteiger partial charge in [-0.25, -0.2) is 14.4 Å². The van der Waals surface area contributed by atoms with Gasteiger partial charge in [0.05, 0.1) is 5.56 Å². The first-order valence-electron chi connectivity index (χ1n) is 4.15. The van der Waals surface area contributed by atoms with Gasteiger partial charge in [-0.1, -0.05) is 6.07 Å². The Morgan fingerprint density at radius 2 is 1.71 bits per heavy atom. The van der Waals surface area contributed by atoms with Gasteiger partial charge in [-0.05, 0) is 12.1 Å². The molecule has 17 heavy (non-hydrogen) atoms. The predicted octanol–water partition coefficient (Wildman–Crippen LogP) is 1.10. The zero-order valence-corrected chi connectivity index (χ0v) is 8.21. The number of benzene rings is 1. The second kappa shape index (κ2) is 5.80. The van der Waals surface area contributed by atoms with Gasteiger partial charge < -0.3 is 0 Å². The topological polar surface area (TPSA) is 105 Å². The van der Waals surface area contributed by atoms with Crippen LogP contribution in [0.4, 0.5) is 11.4 Å². The first kappa shape index (κ1) is 12.1. The van der Waals surface area contributed by atoms with Crippen molar-refractivity contribution < 1.29 is 19.2 Å². The van der Waals surface area contributed by atoms with Crippen LogP contribution in [0.25, 0.3) is 0 Å². The quantitative estimate of drug-likeness (QED) is 0.571. The maximum absolute atomic E-state index is 11.3. The predicted molar refractivity (Wildman–Crippen MR) is 54.5 cm³/mol. The number of para-hydroxylation sites is 1. The Morgan fingerprint density at radius 1 is 1.00 bits per heavy atom. The Bertz CT molecular complexity index is 604. The maximum Gasteiger partial charge on any atom is 0.290 e. The number of nitrogens with zero attached hydrogens (tertiary/aromatic N) is 3. The number of isocyanates is 3. The molecule has 1 rings (SSSR count). The molecule has 0 unspecified atom stereocenters. The van der Waals surface area contributed by atoms with Crippen molar-refractivity contribution in [1.29, 1.82) is 0 Å². The summed E-state index contributed by atoms with van der Waals surface area (Å²) in [5.41, 5.74) is -0.404. The Kier molecular flexibility index (Phi) is 4.13. The standard InChI is InChI=1S/C10H3N3O4/c14-4-11-8-3-1-2-7(9(8)12-5-15)10(17)13-6-16/h1-3H. The van der Waals surface area contributed by atoms with Crippen molar-refractivity contribution in [1.82, 2.24) is 0 Å². The zero-order chi connectivity index (χ0) is 12.7. The minimum Gasteiger partial charge on any atom is -0.266 e. The van der Waals surface area contributed by atoms with Crippen molar-refractivity contribution >= 4 is 35.5 Å². The summed E-state index contributed by atoms with van der Waals surface area (Å²) in [6.45, 7) is 0. The lowest BCUT2D eigenvalue weighted by Gasteiger charge is -2.00. The molecule has 1 amide bonds. The van der Waals surface area contributed by atoms with E-state index >= 15 is 0 Å². The molecule has 0 aliphatic carbocycles. The molecule has 0 atom stereocenters. The fraction of sp³-hybridized carbons (Fsp3) is 0. The zero-order valence-electron chi connectivity index (χ0n) is 8.21. The van der Waals surface area contributed by atoms with E-state index in [1.807, 2.05) is 0 Å². The van der Waals surface area contributed by atoms with Crippen LogP contribution in [0.1, 0.15) is 10.4 Å². The van der Waals surface area contributed by atoms with Crippen LogP contribution in [-0.4, -0.2) is 24.1 Å². The number of amides is 1. The molecule has 0 spiro atoms. The molecule has 0 saturated carbocycles. The second-order valence-electron chi connectivity index (χ2n) is 2.59. The van der Waals surface area contributed by atoms with Gasteiger partial charge in [0.25, 0.3) is 5.91 Å². The third-order valence-electron chi connectivity index (χ3n) is 1.72. The fourth-order valence-corrected chi connectivity index (χ4v) is 1.11. The van der Waals surface area contributed by atoms with Gasteiger partial charge in [0.2, 0.25) is 18.2 Å². The monoisotopic (exact) mass is 229 g/mol. The average Bonchev–Trinajstić information content (AvgIpc) is 2.32. The molecule has 7 nitrogen and oxygen atoms in total. The summed E-state index contributed by atoms with van der Waals surface area (Å²) >= 11 is 0. The first-order chi connectivity index (χ1) is 8.24. The van der Waals surface area contributed by atoms with Crippen LogP contribution in [0.5, 0.6) is 0 Å². The Labute approximate surface area is 94.2 Å². The normalized spacial score (nSPS) is 8.24. The highest BCUT2D eigenvalue weighted by Crippen LogP contribution is 2.31. The SMILES string of the molecule is O=C=NC(=O)c1cccc(N=C=O)c1N=C=O. The molecule has 1 aromatic rings. The van der Waals surface area contributed by atoms with E-state index in [1.54, 1.807) is 0 Å². The summed E-state index contributed by atoms with van der Waals surface area (Å²) in [7, 11) is 0. The van der Waals surface area contributed by atoms with E-state index in [2.05, 4.69) is 15.0 Å². The van der Waals surface area contributed by atoms with E-state index in [0.717, 1.165) is 6.08 Å². The molecule has 0 fully saturated rings. The lowest BCUT2D eigenvalue weighted by molar-refractivity contribution is 0.100. The van der Waals surface area contributed by atoms with E-state index in [0.29, 0.717) is 0 Å². The molecular formula is C10H3N3O4. The summed E-state index contributed by atoms with van der Waals surface area (Å²) in [5.74, 6) is -0.947.